The standard InChI is InChI=1S/C22H20N4O4S/c1-3-10-26-21(30)24-25-22(26)31-12(2)20(29)23-13-8-9-16-17(11-13)19(28)15-7-5-4-6-14(15)18(16)27/h4-9,11-12H,3,10H2,1-2H3,(H,23,29)(H,24,30)/t12-/m1/s1. The van der Waals surface area contributed by atoms with Crippen molar-refractivity contribution in [2.45, 2.75) is 37.2 Å². The molecule has 0 radical (unpaired) electrons. The van der Waals surface area contributed by atoms with Gasteiger partial charge in [0, 0.05) is 34.5 Å². The van der Waals surface area contributed by atoms with Crippen molar-refractivity contribution in [2.75, 3.05) is 5.32 Å². The molecular weight excluding hydrogens is 416 g/mol. The van der Waals surface area contributed by atoms with Crippen LogP contribution in [-0.4, -0.2) is 37.5 Å². The van der Waals surface area contributed by atoms with Gasteiger partial charge in [0.25, 0.3) is 0 Å². The maximum atomic E-state index is 12.9. The molecule has 0 bridgehead atoms. The summed E-state index contributed by atoms with van der Waals surface area (Å²) in [6.07, 6.45) is 0.762. The highest BCUT2D eigenvalue weighted by Crippen LogP contribution is 2.29. The van der Waals surface area contributed by atoms with Gasteiger partial charge >= 0.3 is 5.69 Å². The number of hydrogen-bond donors (Lipinski definition) is 2. The topological polar surface area (TPSA) is 114 Å². The van der Waals surface area contributed by atoms with Crippen LogP contribution < -0.4 is 11.0 Å². The molecule has 31 heavy (non-hydrogen) atoms. The lowest BCUT2D eigenvalue weighted by molar-refractivity contribution is -0.115. The molecule has 4 rings (SSSR count). The Labute approximate surface area is 182 Å². The minimum atomic E-state index is -0.542. The second-order valence-electron chi connectivity index (χ2n) is 7.18. The zero-order chi connectivity index (χ0) is 22.1. The van der Waals surface area contributed by atoms with Crippen molar-refractivity contribution in [3.05, 3.63) is 75.2 Å². The Morgan fingerprint density at radius 2 is 1.71 bits per heavy atom. The van der Waals surface area contributed by atoms with E-state index in [2.05, 4.69) is 15.5 Å². The summed E-state index contributed by atoms with van der Waals surface area (Å²) in [6.45, 7) is 4.16. The van der Waals surface area contributed by atoms with E-state index in [4.69, 9.17) is 0 Å². The van der Waals surface area contributed by atoms with Crippen LogP contribution in [0.5, 0.6) is 0 Å². The van der Waals surface area contributed by atoms with E-state index in [0.717, 1.165) is 6.42 Å². The number of rotatable bonds is 6. The summed E-state index contributed by atoms with van der Waals surface area (Å²) >= 11 is 1.17. The average Bonchev–Trinajstić information content (AvgIpc) is 3.11. The van der Waals surface area contributed by atoms with E-state index < -0.39 is 5.25 Å². The van der Waals surface area contributed by atoms with Crippen LogP contribution in [0.15, 0.2) is 52.4 Å². The molecule has 8 nitrogen and oxygen atoms in total. The fourth-order valence-electron chi connectivity index (χ4n) is 3.45. The lowest BCUT2D eigenvalue weighted by Crippen LogP contribution is -2.25. The molecule has 0 fully saturated rings. The molecule has 0 saturated heterocycles. The first kappa shape index (κ1) is 20.8. The van der Waals surface area contributed by atoms with Crippen LogP contribution in [0.4, 0.5) is 5.69 Å². The van der Waals surface area contributed by atoms with Crippen molar-refractivity contribution in [2.24, 2.45) is 0 Å². The number of thioether (sulfide) groups is 1. The van der Waals surface area contributed by atoms with Gasteiger partial charge in [0.1, 0.15) is 0 Å². The maximum absolute atomic E-state index is 12.9. The molecule has 3 aromatic rings. The smallest absolute Gasteiger partial charge is 0.325 e. The number of carbonyl (C=O) groups is 3. The molecule has 2 N–H and O–H groups in total. The number of benzene rings is 2. The quantitative estimate of drug-likeness (QED) is 0.449. The van der Waals surface area contributed by atoms with Gasteiger partial charge in [0.15, 0.2) is 16.7 Å². The summed E-state index contributed by atoms with van der Waals surface area (Å²) < 4.78 is 1.50. The van der Waals surface area contributed by atoms with Crippen LogP contribution in [0.2, 0.25) is 0 Å². The predicted octanol–water partition coefficient (Wildman–Crippen LogP) is 2.88. The van der Waals surface area contributed by atoms with Crippen LogP contribution in [0.1, 0.15) is 52.1 Å². The van der Waals surface area contributed by atoms with Gasteiger partial charge in [-0.3, -0.25) is 19.0 Å². The van der Waals surface area contributed by atoms with Crippen LogP contribution in [0.25, 0.3) is 0 Å². The van der Waals surface area contributed by atoms with Crippen molar-refractivity contribution < 1.29 is 14.4 Å². The Morgan fingerprint density at radius 1 is 1.06 bits per heavy atom. The molecule has 0 saturated carbocycles. The SMILES string of the molecule is CCCn1c(S[C@H](C)C(=O)Nc2ccc3c(c2)C(=O)c2ccccc2C3=O)n[nH]c1=O. The molecule has 0 aliphatic heterocycles. The van der Waals surface area contributed by atoms with Gasteiger partial charge in [-0.05, 0) is 31.5 Å². The summed E-state index contributed by atoms with van der Waals surface area (Å²) in [6, 6.07) is 11.4. The second kappa shape index (κ2) is 8.35. The van der Waals surface area contributed by atoms with E-state index in [1.807, 2.05) is 6.92 Å². The summed E-state index contributed by atoms with van der Waals surface area (Å²) in [7, 11) is 0. The van der Waals surface area contributed by atoms with Crippen LogP contribution in [0, 0.1) is 0 Å². The first-order valence-electron chi connectivity index (χ1n) is 9.86. The van der Waals surface area contributed by atoms with Crippen molar-refractivity contribution in [3.63, 3.8) is 0 Å². The minimum absolute atomic E-state index is 0.209. The van der Waals surface area contributed by atoms with Gasteiger partial charge in [0.2, 0.25) is 5.91 Å². The Kier molecular flexibility index (Phi) is 5.60. The molecule has 0 unspecified atom stereocenters. The van der Waals surface area contributed by atoms with E-state index in [9.17, 15) is 19.2 Å². The van der Waals surface area contributed by atoms with Crippen LogP contribution >= 0.6 is 11.8 Å². The highest BCUT2D eigenvalue weighted by atomic mass is 32.2. The second-order valence-corrected chi connectivity index (χ2v) is 8.48. The fraction of sp³-hybridized carbons (Fsp3) is 0.227. The molecule has 9 heteroatoms. The first-order chi connectivity index (χ1) is 14.9. The molecule has 0 spiro atoms. The molecule has 1 heterocycles. The molecule has 158 valence electrons. The zero-order valence-electron chi connectivity index (χ0n) is 17.0. The normalized spacial score (nSPS) is 13.5. The monoisotopic (exact) mass is 436 g/mol. The number of anilines is 1. The average molecular weight is 436 g/mol. The molecule has 1 aliphatic rings. The highest BCUT2D eigenvalue weighted by molar-refractivity contribution is 8.00. The number of fused-ring (bicyclic) bond motifs is 2. The lowest BCUT2D eigenvalue weighted by Gasteiger charge is -2.18. The molecular formula is C22H20N4O4S. The molecule has 2 aromatic carbocycles. The van der Waals surface area contributed by atoms with E-state index in [0.29, 0.717) is 34.1 Å². The first-order valence-corrected chi connectivity index (χ1v) is 10.7. The van der Waals surface area contributed by atoms with Gasteiger partial charge < -0.3 is 5.32 Å². The Morgan fingerprint density at radius 3 is 2.39 bits per heavy atom. The summed E-state index contributed by atoms with van der Waals surface area (Å²) in [5, 5.41) is 9.07. The number of nitrogens with one attached hydrogen (secondary N) is 2. The number of carbonyl (C=O) groups excluding carboxylic acids is 3. The Balaban J connectivity index is 1.53. The van der Waals surface area contributed by atoms with Crippen molar-refractivity contribution >= 4 is 34.9 Å². The Hall–Kier alpha value is -3.46. The summed E-state index contributed by atoms with van der Waals surface area (Å²) in [5.41, 5.74) is 1.45. The van der Waals surface area contributed by atoms with Crippen LogP contribution in [-0.2, 0) is 11.3 Å². The largest absolute Gasteiger partial charge is 0.343 e. The molecule has 1 aliphatic carbocycles. The number of aromatic nitrogens is 3. The lowest BCUT2D eigenvalue weighted by atomic mass is 9.84. The van der Waals surface area contributed by atoms with E-state index in [1.165, 1.54) is 22.4 Å². The molecule has 1 aromatic heterocycles. The van der Waals surface area contributed by atoms with Gasteiger partial charge in [-0.15, -0.1) is 5.10 Å². The fourth-order valence-corrected chi connectivity index (χ4v) is 4.33. The van der Waals surface area contributed by atoms with Crippen molar-refractivity contribution in [1.29, 1.82) is 0 Å². The van der Waals surface area contributed by atoms with Crippen molar-refractivity contribution in [3.8, 4) is 0 Å². The van der Waals surface area contributed by atoms with Crippen LogP contribution in [0.3, 0.4) is 0 Å². The minimum Gasteiger partial charge on any atom is -0.325 e. The number of nitrogens with zero attached hydrogens (tertiary/aromatic N) is 2. The molecule has 1 amide bonds. The number of H-pyrrole nitrogens is 1. The number of amides is 1. The third kappa shape index (κ3) is 3.84. The van der Waals surface area contributed by atoms with E-state index >= 15 is 0 Å². The maximum Gasteiger partial charge on any atom is 0.343 e. The predicted molar refractivity (Wildman–Crippen MR) is 117 cm³/mol. The number of ketones is 2. The van der Waals surface area contributed by atoms with E-state index in [1.54, 1.807) is 43.3 Å². The summed E-state index contributed by atoms with van der Waals surface area (Å²) in [4.78, 5) is 50.1. The number of hydrogen-bond acceptors (Lipinski definition) is 6. The molecule has 1 atom stereocenters. The van der Waals surface area contributed by atoms with Gasteiger partial charge in [-0.25, -0.2) is 9.89 Å². The third-order valence-electron chi connectivity index (χ3n) is 5.01. The number of aromatic amines is 1. The van der Waals surface area contributed by atoms with Gasteiger partial charge in [0.05, 0.1) is 5.25 Å². The van der Waals surface area contributed by atoms with Gasteiger partial charge in [-0.1, -0.05) is 43.0 Å². The van der Waals surface area contributed by atoms with Gasteiger partial charge in [-0.2, -0.15) is 0 Å². The third-order valence-corrected chi connectivity index (χ3v) is 6.10. The summed E-state index contributed by atoms with van der Waals surface area (Å²) in [5.74, 6) is -0.762. The Bertz CT molecular complexity index is 1260. The van der Waals surface area contributed by atoms with E-state index in [-0.39, 0.29) is 28.7 Å². The van der Waals surface area contributed by atoms with Crippen molar-refractivity contribution in [1.82, 2.24) is 14.8 Å². The zero-order valence-corrected chi connectivity index (χ0v) is 17.8. The highest BCUT2D eigenvalue weighted by Gasteiger charge is 2.29.